The Bertz CT molecular complexity index is 905. The monoisotopic (exact) mass is 388 g/mol. The summed E-state index contributed by atoms with van der Waals surface area (Å²) in [7, 11) is -3.45. The van der Waals surface area contributed by atoms with Crippen molar-refractivity contribution in [3.8, 4) is 0 Å². The fourth-order valence-corrected chi connectivity index (χ4v) is 4.14. The van der Waals surface area contributed by atoms with E-state index in [9.17, 15) is 18.3 Å². The van der Waals surface area contributed by atoms with Crippen molar-refractivity contribution in [2.24, 2.45) is 5.92 Å². The number of carboxylic acids is 1. The molecule has 1 heterocycles. The number of benzene rings is 2. The first-order valence-corrected chi connectivity index (χ1v) is 10.8. The summed E-state index contributed by atoms with van der Waals surface area (Å²) in [5.41, 5.74) is 2.35. The molecule has 3 rings (SSSR count). The molecule has 2 aromatic rings. The molecule has 0 unspecified atom stereocenters. The van der Waals surface area contributed by atoms with E-state index in [1.807, 2.05) is 6.07 Å². The lowest BCUT2D eigenvalue weighted by Gasteiger charge is -2.34. The van der Waals surface area contributed by atoms with Crippen LogP contribution in [0, 0.1) is 5.92 Å². The van der Waals surface area contributed by atoms with Crippen LogP contribution in [0.1, 0.15) is 28.8 Å². The Kier molecular flexibility index (Phi) is 5.70. The number of anilines is 2. The average Bonchev–Trinajstić information content (AvgIpc) is 2.62. The fourth-order valence-electron chi connectivity index (χ4n) is 3.59. The van der Waals surface area contributed by atoms with E-state index >= 15 is 0 Å². The minimum Gasteiger partial charge on any atom is -0.478 e. The number of carboxylic acid groups (broad SMARTS) is 1. The first-order valence-electron chi connectivity index (χ1n) is 8.96. The highest BCUT2D eigenvalue weighted by Crippen LogP contribution is 2.30. The predicted molar refractivity (Wildman–Crippen MR) is 107 cm³/mol. The maximum absolute atomic E-state index is 11.7. The summed E-state index contributed by atoms with van der Waals surface area (Å²) in [4.78, 5) is 13.8. The van der Waals surface area contributed by atoms with Gasteiger partial charge in [0.05, 0.1) is 17.5 Å². The van der Waals surface area contributed by atoms with Gasteiger partial charge in [-0.3, -0.25) is 4.72 Å². The smallest absolute Gasteiger partial charge is 0.337 e. The summed E-state index contributed by atoms with van der Waals surface area (Å²) in [6, 6.07) is 15.1. The number of hydrogen-bond acceptors (Lipinski definition) is 4. The Labute approximate surface area is 159 Å². The first kappa shape index (κ1) is 19.2. The van der Waals surface area contributed by atoms with Gasteiger partial charge in [-0.1, -0.05) is 30.3 Å². The standard InChI is InChI=1S/C20H24N2O4S/c1-27(25,26)21-17-7-8-19(18(14-17)20(23)24)22-11-9-16(10-12-22)13-15-5-3-2-4-6-15/h2-8,14,16,21H,9-13H2,1H3,(H,23,24). The number of rotatable bonds is 6. The van der Waals surface area contributed by atoms with Crippen LogP contribution in [0.4, 0.5) is 11.4 Å². The Hall–Kier alpha value is -2.54. The zero-order valence-corrected chi connectivity index (χ0v) is 16.1. The number of hydrogen-bond donors (Lipinski definition) is 2. The molecule has 0 aromatic heterocycles. The Morgan fingerprint density at radius 3 is 2.41 bits per heavy atom. The molecule has 0 saturated carbocycles. The summed E-state index contributed by atoms with van der Waals surface area (Å²) in [5.74, 6) is -0.475. The molecule has 7 heteroatoms. The van der Waals surface area contributed by atoms with Gasteiger partial charge in [0.1, 0.15) is 0 Å². The van der Waals surface area contributed by atoms with Crippen molar-refractivity contribution in [2.75, 3.05) is 29.0 Å². The molecule has 0 aliphatic carbocycles. The second-order valence-corrected chi connectivity index (χ2v) is 8.78. The van der Waals surface area contributed by atoms with Gasteiger partial charge >= 0.3 is 5.97 Å². The number of carbonyl (C=O) groups is 1. The lowest BCUT2D eigenvalue weighted by molar-refractivity contribution is 0.0697. The third-order valence-corrected chi connectivity index (χ3v) is 5.46. The van der Waals surface area contributed by atoms with E-state index in [1.54, 1.807) is 12.1 Å². The van der Waals surface area contributed by atoms with Crippen molar-refractivity contribution in [1.29, 1.82) is 0 Å². The van der Waals surface area contributed by atoms with Crippen molar-refractivity contribution in [1.82, 2.24) is 0 Å². The first-order chi connectivity index (χ1) is 12.8. The molecule has 0 atom stereocenters. The molecule has 1 aliphatic heterocycles. The van der Waals surface area contributed by atoms with Crippen molar-refractivity contribution >= 4 is 27.4 Å². The zero-order valence-electron chi connectivity index (χ0n) is 15.3. The van der Waals surface area contributed by atoms with Gasteiger partial charge in [-0.25, -0.2) is 13.2 Å². The SMILES string of the molecule is CS(=O)(=O)Nc1ccc(N2CCC(Cc3ccccc3)CC2)c(C(=O)O)c1. The maximum atomic E-state index is 11.7. The molecule has 6 nitrogen and oxygen atoms in total. The molecule has 27 heavy (non-hydrogen) atoms. The predicted octanol–water partition coefficient (Wildman–Crippen LogP) is 3.22. The van der Waals surface area contributed by atoms with Gasteiger partial charge in [-0.05, 0) is 48.9 Å². The van der Waals surface area contributed by atoms with Gasteiger partial charge in [0.25, 0.3) is 0 Å². The molecule has 1 aliphatic rings. The maximum Gasteiger partial charge on any atom is 0.337 e. The molecule has 1 fully saturated rings. The van der Waals surface area contributed by atoms with Gasteiger partial charge in [0, 0.05) is 18.8 Å². The van der Waals surface area contributed by atoms with E-state index in [0.29, 0.717) is 11.6 Å². The zero-order chi connectivity index (χ0) is 19.4. The summed E-state index contributed by atoms with van der Waals surface area (Å²) in [6.45, 7) is 1.58. The topological polar surface area (TPSA) is 86.7 Å². The molecule has 0 amide bonds. The van der Waals surface area contributed by atoms with Crippen LogP contribution in [0.2, 0.25) is 0 Å². The van der Waals surface area contributed by atoms with Crippen LogP contribution < -0.4 is 9.62 Å². The van der Waals surface area contributed by atoms with Crippen molar-refractivity contribution in [2.45, 2.75) is 19.3 Å². The van der Waals surface area contributed by atoms with Crippen molar-refractivity contribution in [3.05, 3.63) is 59.7 Å². The molecule has 0 spiro atoms. The fraction of sp³-hybridized carbons (Fsp3) is 0.350. The van der Waals surface area contributed by atoms with E-state index in [-0.39, 0.29) is 11.3 Å². The average molecular weight is 388 g/mol. The molecule has 2 N–H and O–H groups in total. The number of nitrogens with one attached hydrogen (secondary N) is 1. The van der Waals surface area contributed by atoms with Gasteiger partial charge in [-0.2, -0.15) is 0 Å². The minimum atomic E-state index is -3.45. The van der Waals surface area contributed by atoms with E-state index in [2.05, 4.69) is 33.9 Å². The second kappa shape index (κ2) is 8.00. The van der Waals surface area contributed by atoms with Crippen LogP contribution in [-0.4, -0.2) is 38.8 Å². The molecule has 1 saturated heterocycles. The van der Waals surface area contributed by atoms with Crippen LogP contribution in [0.15, 0.2) is 48.5 Å². The number of aromatic carboxylic acids is 1. The quantitative estimate of drug-likeness (QED) is 0.793. The van der Waals surface area contributed by atoms with Crippen LogP contribution in [0.3, 0.4) is 0 Å². The van der Waals surface area contributed by atoms with Crippen LogP contribution >= 0.6 is 0 Å². The van der Waals surface area contributed by atoms with Crippen LogP contribution in [0.5, 0.6) is 0 Å². The Morgan fingerprint density at radius 2 is 1.81 bits per heavy atom. The third-order valence-electron chi connectivity index (χ3n) is 4.85. The minimum absolute atomic E-state index is 0.116. The number of sulfonamides is 1. The van der Waals surface area contributed by atoms with Gasteiger partial charge in [0.2, 0.25) is 10.0 Å². The molecule has 0 bridgehead atoms. The molecule has 144 valence electrons. The highest BCUT2D eigenvalue weighted by molar-refractivity contribution is 7.92. The van der Waals surface area contributed by atoms with Crippen LogP contribution in [0.25, 0.3) is 0 Å². The summed E-state index contributed by atoms with van der Waals surface area (Å²) < 4.78 is 25.1. The third kappa shape index (κ3) is 5.23. The van der Waals surface area contributed by atoms with Gasteiger partial charge < -0.3 is 10.0 Å². The van der Waals surface area contributed by atoms with Crippen LogP contribution in [-0.2, 0) is 16.4 Å². The van der Waals surface area contributed by atoms with E-state index in [4.69, 9.17) is 0 Å². The van der Waals surface area contributed by atoms with Gasteiger partial charge in [0.15, 0.2) is 0 Å². The summed E-state index contributed by atoms with van der Waals surface area (Å²) in [6.07, 6.45) is 4.07. The largest absolute Gasteiger partial charge is 0.478 e. The Morgan fingerprint density at radius 1 is 1.15 bits per heavy atom. The van der Waals surface area contributed by atoms with Gasteiger partial charge in [-0.15, -0.1) is 0 Å². The Balaban J connectivity index is 1.70. The molecule has 0 radical (unpaired) electrons. The lowest BCUT2D eigenvalue weighted by Crippen LogP contribution is -2.35. The molecule has 2 aromatic carbocycles. The summed E-state index contributed by atoms with van der Waals surface area (Å²) in [5, 5.41) is 9.56. The lowest BCUT2D eigenvalue weighted by atomic mass is 9.90. The summed E-state index contributed by atoms with van der Waals surface area (Å²) >= 11 is 0. The number of piperidine rings is 1. The highest BCUT2D eigenvalue weighted by Gasteiger charge is 2.23. The highest BCUT2D eigenvalue weighted by atomic mass is 32.2. The van der Waals surface area contributed by atoms with E-state index in [1.165, 1.54) is 11.6 Å². The van der Waals surface area contributed by atoms with Crippen molar-refractivity contribution in [3.63, 3.8) is 0 Å². The molecular weight excluding hydrogens is 364 g/mol. The molecular formula is C20H24N2O4S. The van der Waals surface area contributed by atoms with Crippen molar-refractivity contribution < 1.29 is 18.3 Å². The van der Waals surface area contributed by atoms with E-state index < -0.39 is 16.0 Å². The second-order valence-electron chi connectivity index (χ2n) is 7.03. The number of nitrogens with zero attached hydrogens (tertiary/aromatic N) is 1. The van der Waals surface area contributed by atoms with E-state index in [0.717, 1.165) is 38.6 Å². The normalized spacial score (nSPS) is 15.5.